The maximum absolute atomic E-state index is 13.2. The SMILES string of the molecule is COc1ccc2[nH]cc(CCN3C(=O)C(O)=C(C(=O)Cc4ccccc4)C3c3ccco3)c2c1. The van der Waals surface area contributed by atoms with Gasteiger partial charge in [0.2, 0.25) is 0 Å². The molecule has 2 aromatic carbocycles. The van der Waals surface area contributed by atoms with Crippen molar-refractivity contribution in [3.63, 3.8) is 0 Å². The summed E-state index contributed by atoms with van der Waals surface area (Å²) in [6, 6.07) is 17.7. The van der Waals surface area contributed by atoms with Crippen molar-refractivity contribution in [2.75, 3.05) is 13.7 Å². The van der Waals surface area contributed by atoms with Crippen LogP contribution in [0, 0.1) is 0 Å². The number of hydrogen-bond acceptors (Lipinski definition) is 5. The standard InChI is InChI=1S/C27H24N2O5/c1-33-19-9-10-21-20(15-19)18(16-28-21)11-12-29-25(23-8-5-13-34-23)24(26(31)27(29)32)22(30)14-17-6-3-2-4-7-17/h2-10,13,15-16,25,28,31H,11-12,14H2,1H3. The van der Waals surface area contributed by atoms with Gasteiger partial charge in [0, 0.05) is 30.1 Å². The molecule has 172 valence electrons. The Kier molecular flexibility index (Phi) is 5.67. The Bertz CT molecular complexity index is 1370. The number of ether oxygens (including phenoxy) is 1. The molecule has 34 heavy (non-hydrogen) atoms. The lowest BCUT2D eigenvalue weighted by molar-refractivity contribution is -0.129. The molecule has 0 radical (unpaired) electrons. The van der Waals surface area contributed by atoms with Gasteiger partial charge in [-0.3, -0.25) is 9.59 Å². The molecule has 3 heterocycles. The summed E-state index contributed by atoms with van der Waals surface area (Å²) in [6.07, 6.45) is 4.00. The number of aromatic nitrogens is 1. The first-order chi connectivity index (χ1) is 16.6. The van der Waals surface area contributed by atoms with Crippen molar-refractivity contribution in [1.82, 2.24) is 9.88 Å². The number of Topliss-reactive ketones (excluding diaryl/α,β-unsaturated/α-hetero) is 1. The number of hydrogen-bond donors (Lipinski definition) is 2. The smallest absolute Gasteiger partial charge is 0.290 e. The van der Waals surface area contributed by atoms with Gasteiger partial charge in [-0.2, -0.15) is 0 Å². The molecule has 2 aromatic heterocycles. The number of aliphatic hydroxyl groups excluding tert-OH is 1. The zero-order valence-corrected chi connectivity index (χ0v) is 18.7. The van der Waals surface area contributed by atoms with Gasteiger partial charge in [-0.25, -0.2) is 0 Å². The number of aromatic amines is 1. The Hall–Kier alpha value is -4.26. The van der Waals surface area contributed by atoms with Gasteiger partial charge in [-0.05, 0) is 47.9 Å². The van der Waals surface area contributed by atoms with E-state index in [0.29, 0.717) is 18.7 Å². The number of nitrogens with zero attached hydrogens (tertiary/aromatic N) is 1. The van der Waals surface area contributed by atoms with Crippen LogP contribution in [0.2, 0.25) is 0 Å². The van der Waals surface area contributed by atoms with E-state index in [9.17, 15) is 14.7 Å². The lowest BCUT2D eigenvalue weighted by Gasteiger charge is -2.24. The first kappa shape index (κ1) is 21.6. The second kappa shape index (κ2) is 8.94. The lowest BCUT2D eigenvalue weighted by Crippen LogP contribution is -2.33. The predicted molar refractivity (Wildman–Crippen MR) is 127 cm³/mol. The lowest BCUT2D eigenvalue weighted by atomic mass is 9.96. The summed E-state index contributed by atoms with van der Waals surface area (Å²) in [6.45, 7) is 0.292. The summed E-state index contributed by atoms with van der Waals surface area (Å²) in [7, 11) is 1.62. The van der Waals surface area contributed by atoms with Crippen LogP contribution in [-0.2, 0) is 22.4 Å². The molecule has 0 aliphatic carbocycles. The molecule has 4 aromatic rings. The zero-order chi connectivity index (χ0) is 23.7. The van der Waals surface area contributed by atoms with Crippen LogP contribution in [0.25, 0.3) is 10.9 Å². The second-order valence-electron chi connectivity index (χ2n) is 8.24. The van der Waals surface area contributed by atoms with Crippen molar-refractivity contribution < 1.29 is 23.8 Å². The van der Waals surface area contributed by atoms with Crippen LogP contribution in [0.5, 0.6) is 5.75 Å². The maximum atomic E-state index is 13.2. The van der Waals surface area contributed by atoms with E-state index in [1.807, 2.05) is 54.7 Å². The van der Waals surface area contributed by atoms with Gasteiger partial charge in [0.25, 0.3) is 5.91 Å². The highest BCUT2D eigenvalue weighted by Gasteiger charge is 2.44. The Morgan fingerprint density at radius 3 is 2.71 bits per heavy atom. The minimum Gasteiger partial charge on any atom is -0.503 e. The predicted octanol–water partition coefficient (Wildman–Crippen LogP) is 4.52. The van der Waals surface area contributed by atoms with Crippen LogP contribution < -0.4 is 4.74 Å². The van der Waals surface area contributed by atoms with Gasteiger partial charge >= 0.3 is 0 Å². The van der Waals surface area contributed by atoms with E-state index in [1.54, 1.807) is 19.2 Å². The van der Waals surface area contributed by atoms with Gasteiger partial charge in [-0.15, -0.1) is 0 Å². The van der Waals surface area contributed by atoms with Crippen LogP contribution >= 0.6 is 0 Å². The van der Waals surface area contributed by atoms with Crippen molar-refractivity contribution >= 4 is 22.6 Å². The number of benzene rings is 2. The van der Waals surface area contributed by atoms with Crippen LogP contribution in [0.15, 0.2) is 88.9 Å². The number of aliphatic hydroxyl groups is 1. The summed E-state index contributed by atoms with van der Waals surface area (Å²) < 4.78 is 10.9. The third-order valence-corrected chi connectivity index (χ3v) is 6.22. The largest absolute Gasteiger partial charge is 0.503 e. The van der Waals surface area contributed by atoms with Crippen LogP contribution in [0.1, 0.15) is 22.9 Å². The Labute approximate surface area is 196 Å². The first-order valence-corrected chi connectivity index (χ1v) is 11.1. The second-order valence-corrected chi connectivity index (χ2v) is 8.24. The van der Waals surface area contributed by atoms with Crippen molar-refractivity contribution in [1.29, 1.82) is 0 Å². The number of nitrogens with one attached hydrogen (secondary N) is 1. The molecule has 7 heteroatoms. The van der Waals surface area contributed by atoms with E-state index in [1.165, 1.54) is 11.2 Å². The van der Waals surface area contributed by atoms with Gasteiger partial charge < -0.3 is 24.1 Å². The molecule has 2 N–H and O–H groups in total. The van der Waals surface area contributed by atoms with Crippen molar-refractivity contribution in [3.8, 4) is 5.75 Å². The van der Waals surface area contributed by atoms with E-state index in [4.69, 9.17) is 9.15 Å². The monoisotopic (exact) mass is 456 g/mol. The molecular formula is C27H24N2O5. The molecule has 1 amide bonds. The minimum absolute atomic E-state index is 0.0735. The number of furan rings is 1. The molecule has 7 nitrogen and oxygen atoms in total. The molecule has 0 saturated heterocycles. The van der Waals surface area contributed by atoms with Crippen LogP contribution in [0.3, 0.4) is 0 Å². The highest BCUT2D eigenvalue weighted by atomic mass is 16.5. The molecule has 0 saturated carbocycles. The third kappa shape index (κ3) is 3.85. The summed E-state index contributed by atoms with van der Waals surface area (Å²) in [5.41, 5.74) is 2.85. The fourth-order valence-corrected chi connectivity index (χ4v) is 4.52. The molecule has 0 bridgehead atoms. The molecule has 5 rings (SSSR count). The number of amides is 1. The topological polar surface area (TPSA) is 95.8 Å². The van der Waals surface area contributed by atoms with E-state index in [-0.39, 0.29) is 17.8 Å². The number of carbonyl (C=O) groups excluding carboxylic acids is 2. The number of methoxy groups -OCH3 is 1. The Balaban J connectivity index is 1.43. The zero-order valence-electron chi connectivity index (χ0n) is 18.7. The summed E-state index contributed by atoms with van der Waals surface area (Å²) in [4.78, 5) is 31.1. The van der Waals surface area contributed by atoms with E-state index in [2.05, 4.69) is 4.98 Å². The van der Waals surface area contributed by atoms with Gasteiger partial charge in [0.05, 0.1) is 18.9 Å². The maximum Gasteiger partial charge on any atom is 0.290 e. The highest BCUT2D eigenvalue weighted by Crippen LogP contribution is 2.38. The normalized spacial score (nSPS) is 16.0. The Morgan fingerprint density at radius 1 is 1.15 bits per heavy atom. The average molecular weight is 456 g/mol. The minimum atomic E-state index is -0.779. The quantitative estimate of drug-likeness (QED) is 0.406. The van der Waals surface area contributed by atoms with Gasteiger partial charge in [-0.1, -0.05) is 30.3 Å². The molecule has 1 aliphatic heterocycles. The van der Waals surface area contributed by atoms with Gasteiger partial charge in [0.15, 0.2) is 11.5 Å². The van der Waals surface area contributed by atoms with Crippen molar-refractivity contribution in [3.05, 3.63) is 101 Å². The van der Waals surface area contributed by atoms with E-state index >= 15 is 0 Å². The number of fused-ring (bicyclic) bond motifs is 1. The molecule has 0 spiro atoms. The summed E-state index contributed by atoms with van der Waals surface area (Å²) >= 11 is 0. The summed E-state index contributed by atoms with van der Waals surface area (Å²) in [5, 5.41) is 11.7. The van der Waals surface area contributed by atoms with E-state index < -0.39 is 17.7 Å². The van der Waals surface area contributed by atoms with Crippen LogP contribution in [-0.4, -0.2) is 40.3 Å². The Morgan fingerprint density at radius 2 is 1.97 bits per heavy atom. The number of ketones is 1. The molecule has 1 atom stereocenters. The fraction of sp³-hybridized carbons (Fsp3) is 0.185. The fourth-order valence-electron chi connectivity index (χ4n) is 4.52. The number of rotatable bonds is 8. The van der Waals surface area contributed by atoms with Crippen molar-refractivity contribution in [2.45, 2.75) is 18.9 Å². The number of H-pyrrole nitrogens is 1. The molecule has 1 aliphatic rings. The van der Waals surface area contributed by atoms with E-state index in [0.717, 1.165) is 27.8 Å². The van der Waals surface area contributed by atoms with Crippen LogP contribution in [0.4, 0.5) is 0 Å². The molecule has 1 unspecified atom stereocenters. The highest BCUT2D eigenvalue weighted by molar-refractivity contribution is 6.09. The molecule has 0 fully saturated rings. The molecular weight excluding hydrogens is 432 g/mol. The van der Waals surface area contributed by atoms with Crippen molar-refractivity contribution in [2.24, 2.45) is 0 Å². The number of carbonyl (C=O) groups is 2. The van der Waals surface area contributed by atoms with Gasteiger partial charge in [0.1, 0.15) is 17.6 Å². The summed E-state index contributed by atoms with van der Waals surface area (Å²) in [5.74, 6) is -0.211. The first-order valence-electron chi connectivity index (χ1n) is 11.1. The average Bonchev–Trinajstić information content (AvgIpc) is 3.58. The third-order valence-electron chi connectivity index (χ3n) is 6.22.